The summed E-state index contributed by atoms with van der Waals surface area (Å²) in [7, 11) is 0. The molecule has 5 heteroatoms. The molecule has 5 nitrogen and oxygen atoms in total. The number of nitrogens with one attached hydrogen (secondary N) is 1. The molecule has 0 aliphatic carbocycles. The summed E-state index contributed by atoms with van der Waals surface area (Å²) >= 11 is 0. The maximum Gasteiger partial charge on any atom is 0.237 e. The van der Waals surface area contributed by atoms with E-state index in [1.54, 1.807) is 0 Å². The molecule has 0 rings (SSSR count). The number of hydrogen-bond acceptors (Lipinski definition) is 3. The standard InChI is InChI=1S/C8H17N3O2/c1-8(2,3)11-7(13)5(9)4-6(10)12/h5H,4,9H2,1-3H3,(H2,10,12)(H,11,13). The van der Waals surface area contributed by atoms with E-state index in [4.69, 9.17) is 11.5 Å². The predicted molar refractivity (Wildman–Crippen MR) is 49.7 cm³/mol. The number of rotatable bonds is 3. The molecule has 0 aromatic rings. The third kappa shape index (κ3) is 6.10. The first-order chi connectivity index (χ1) is 5.72. The van der Waals surface area contributed by atoms with Gasteiger partial charge in [0.15, 0.2) is 0 Å². The molecule has 0 fully saturated rings. The van der Waals surface area contributed by atoms with Crippen LogP contribution in [-0.4, -0.2) is 23.4 Å². The lowest BCUT2D eigenvalue weighted by Crippen LogP contribution is -2.50. The molecule has 0 saturated carbocycles. The van der Waals surface area contributed by atoms with Crippen molar-refractivity contribution in [1.29, 1.82) is 0 Å². The summed E-state index contributed by atoms with van der Waals surface area (Å²) in [4.78, 5) is 21.7. The minimum absolute atomic E-state index is 0.123. The Morgan fingerprint density at radius 1 is 1.38 bits per heavy atom. The van der Waals surface area contributed by atoms with Crippen molar-refractivity contribution < 1.29 is 9.59 Å². The zero-order valence-electron chi connectivity index (χ0n) is 8.26. The van der Waals surface area contributed by atoms with Gasteiger partial charge in [-0.15, -0.1) is 0 Å². The van der Waals surface area contributed by atoms with Crippen molar-refractivity contribution in [3.63, 3.8) is 0 Å². The second-order valence-corrected chi connectivity index (χ2v) is 4.02. The van der Waals surface area contributed by atoms with Crippen LogP contribution in [0.5, 0.6) is 0 Å². The number of amides is 2. The van der Waals surface area contributed by atoms with Crippen LogP contribution in [0.4, 0.5) is 0 Å². The zero-order chi connectivity index (χ0) is 10.6. The zero-order valence-corrected chi connectivity index (χ0v) is 8.26. The van der Waals surface area contributed by atoms with E-state index in [9.17, 15) is 9.59 Å². The molecule has 1 atom stereocenters. The third-order valence-electron chi connectivity index (χ3n) is 1.26. The van der Waals surface area contributed by atoms with Gasteiger partial charge in [0.2, 0.25) is 11.8 Å². The van der Waals surface area contributed by atoms with Gasteiger partial charge < -0.3 is 16.8 Å². The van der Waals surface area contributed by atoms with Gasteiger partial charge in [-0.25, -0.2) is 0 Å². The van der Waals surface area contributed by atoms with Crippen LogP contribution in [0.1, 0.15) is 27.2 Å². The van der Waals surface area contributed by atoms with Crippen LogP contribution in [0.15, 0.2) is 0 Å². The van der Waals surface area contributed by atoms with E-state index in [1.807, 2.05) is 20.8 Å². The summed E-state index contributed by atoms with van der Waals surface area (Å²) in [6.07, 6.45) is -0.123. The van der Waals surface area contributed by atoms with E-state index >= 15 is 0 Å². The van der Waals surface area contributed by atoms with Gasteiger partial charge in [0.1, 0.15) is 0 Å². The first-order valence-corrected chi connectivity index (χ1v) is 4.08. The van der Waals surface area contributed by atoms with E-state index in [0.29, 0.717) is 0 Å². The van der Waals surface area contributed by atoms with Crippen molar-refractivity contribution in [2.45, 2.75) is 38.8 Å². The van der Waals surface area contributed by atoms with Crippen LogP contribution in [0.2, 0.25) is 0 Å². The van der Waals surface area contributed by atoms with Gasteiger partial charge in [-0.1, -0.05) is 0 Å². The summed E-state index contributed by atoms with van der Waals surface area (Å²) in [6.45, 7) is 5.51. The highest BCUT2D eigenvalue weighted by Crippen LogP contribution is 1.99. The topological polar surface area (TPSA) is 98.2 Å². The van der Waals surface area contributed by atoms with E-state index in [1.165, 1.54) is 0 Å². The number of hydrogen-bond donors (Lipinski definition) is 3. The van der Waals surface area contributed by atoms with E-state index in [2.05, 4.69) is 5.32 Å². The van der Waals surface area contributed by atoms with Gasteiger partial charge in [-0.3, -0.25) is 9.59 Å². The Hall–Kier alpha value is -1.10. The van der Waals surface area contributed by atoms with Crippen molar-refractivity contribution >= 4 is 11.8 Å². The number of nitrogens with two attached hydrogens (primary N) is 2. The molecule has 0 heterocycles. The third-order valence-corrected chi connectivity index (χ3v) is 1.26. The molecule has 0 bridgehead atoms. The molecule has 0 spiro atoms. The SMILES string of the molecule is CC(C)(C)NC(=O)C(N)CC(N)=O. The van der Waals surface area contributed by atoms with Gasteiger partial charge in [-0.2, -0.15) is 0 Å². The van der Waals surface area contributed by atoms with Crippen LogP contribution < -0.4 is 16.8 Å². The molecule has 1 unspecified atom stereocenters. The molecule has 13 heavy (non-hydrogen) atoms. The number of carbonyl (C=O) groups excluding carboxylic acids is 2. The maximum absolute atomic E-state index is 11.3. The van der Waals surface area contributed by atoms with Crippen molar-refractivity contribution in [2.75, 3.05) is 0 Å². The molecule has 0 aromatic carbocycles. The Kier molecular flexibility index (Phi) is 3.87. The fraction of sp³-hybridized carbons (Fsp3) is 0.750. The molecule has 0 aliphatic heterocycles. The average Bonchev–Trinajstić information content (AvgIpc) is 1.81. The smallest absolute Gasteiger partial charge is 0.237 e. The summed E-state index contributed by atoms with van der Waals surface area (Å²) in [6, 6.07) is -0.850. The molecule has 0 aromatic heterocycles. The van der Waals surface area contributed by atoms with E-state index in [-0.39, 0.29) is 17.9 Å². The quantitative estimate of drug-likeness (QED) is 0.534. The lowest BCUT2D eigenvalue weighted by molar-refractivity contribution is -0.127. The molecule has 76 valence electrons. The highest BCUT2D eigenvalue weighted by molar-refractivity contribution is 5.87. The Labute approximate surface area is 77.8 Å². The Balaban J connectivity index is 4.05. The Bertz CT molecular complexity index is 208. The van der Waals surface area contributed by atoms with Gasteiger partial charge in [0, 0.05) is 5.54 Å². The molecular weight excluding hydrogens is 170 g/mol. The minimum Gasteiger partial charge on any atom is -0.370 e. The first kappa shape index (κ1) is 11.9. The Morgan fingerprint density at radius 3 is 2.15 bits per heavy atom. The summed E-state index contributed by atoms with van der Waals surface area (Å²) in [5.41, 5.74) is 9.97. The van der Waals surface area contributed by atoms with Gasteiger partial charge in [0.05, 0.1) is 12.5 Å². The lowest BCUT2D eigenvalue weighted by atomic mass is 10.1. The van der Waals surface area contributed by atoms with Crippen molar-refractivity contribution in [3.05, 3.63) is 0 Å². The normalized spacial score (nSPS) is 13.5. The summed E-state index contributed by atoms with van der Waals surface area (Å²) in [5, 5.41) is 2.65. The second kappa shape index (κ2) is 4.23. The van der Waals surface area contributed by atoms with Crippen LogP contribution in [0.3, 0.4) is 0 Å². The van der Waals surface area contributed by atoms with Gasteiger partial charge in [-0.05, 0) is 20.8 Å². The van der Waals surface area contributed by atoms with Crippen LogP contribution in [0, 0.1) is 0 Å². The van der Waals surface area contributed by atoms with Crippen molar-refractivity contribution in [3.8, 4) is 0 Å². The fourth-order valence-electron chi connectivity index (χ4n) is 0.772. The van der Waals surface area contributed by atoms with Crippen LogP contribution in [0.25, 0.3) is 0 Å². The first-order valence-electron chi connectivity index (χ1n) is 4.08. The largest absolute Gasteiger partial charge is 0.370 e. The maximum atomic E-state index is 11.3. The van der Waals surface area contributed by atoms with Gasteiger partial charge >= 0.3 is 0 Å². The van der Waals surface area contributed by atoms with Crippen molar-refractivity contribution in [2.24, 2.45) is 11.5 Å². The summed E-state index contributed by atoms with van der Waals surface area (Å²) in [5.74, 6) is -0.928. The van der Waals surface area contributed by atoms with E-state index in [0.717, 1.165) is 0 Å². The monoisotopic (exact) mass is 187 g/mol. The van der Waals surface area contributed by atoms with Crippen molar-refractivity contribution in [1.82, 2.24) is 5.32 Å². The van der Waals surface area contributed by atoms with Crippen LogP contribution in [-0.2, 0) is 9.59 Å². The summed E-state index contributed by atoms with van der Waals surface area (Å²) < 4.78 is 0. The average molecular weight is 187 g/mol. The molecule has 0 aliphatic rings. The molecule has 0 radical (unpaired) electrons. The number of carbonyl (C=O) groups is 2. The highest BCUT2D eigenvalue weighted by Gasteiger charge is 2.20. The molecule has 2 amide bonds. The van der Waals surface area contributed by atoms with E-state index < -0.39 is 11.9 Å². The Morgan fingerprint density at radius 2 is 1.85 bits per heavy atom. The molecule has 0 saturated heterocycles. The predicted octanol–water partition coefficient (Wildman–Crippen LogP) is -0.896. The highest BCUT2D eigenvalue weighted by atomic mass is 16.2. The number of primary amides is 1. The minimum atomic E-state index is -0.850. The fourth-order valence-corrected chi connectivity index (χ4v) is 0.772. The molecule has 5 N–H and O–H groups in total. The lowest BCUT2D eigenvalue weighted by Gasteiger charge is -2.22. The van der Waals surface area contributed by atoms with Crippen LogP contribution >= 0.6 is 0 Å². The molecular formula is C8H17N3O2. The van der Waals surface area contributed by atoms with Gasteiger partial charge in [0.25, 0.3) is 0 Å². The second-order valence-electron chi connectivity index (χ2n) is 4.02.